The lowest BCUT2D eigenvalue weighted by Gasteiger charge is -2.40. The fraction of sp³-hybridized carbons (Fsp3) is 0.921. The summed E-state index contributed by atoms with van der Waals surface area (Å²) in [5, 5.41) is 100. The summed E-state index contributed by atoms with van der Waals surface area (Å²) in [5.74, 6) is -2.50. The van der Waals surface area contributed by atoms with E-state index in [1.807, 2.05) is 0 Å². The summed E-state index contributed by atoms with van der Waals surface area (Å²) >= 11 is 0. The van der Waals surface area contributed by atoms with Crippen molar-refractivity contribution in [2.45, 2.75) is 344 Å². The van der Waals surface area contributed by atoms with Gasteiger partial charge in [-0.25, -0.2) is 9.13 Å². The van der Waals surface area contributed by atoms with Crippen molar-refractivity contribution in [2.24, 2.45) is 17.8 Å². The van der Waals surface area contributed by atoms with Gasteiger partial charge in [0.05, 0.1) is 100 Å². The van der Waals surface area contributed by atoms with E-state index in [1.54, 1.807) is 34.6 Å². The second-order valence-electron chi connectivity index (χ2n) is 32.2. The molecule has 0 aromatic rings. The normalized spacial score (nSPS) is 31.5. The number of carbonyl (C=O) groups is 6. The van der Waals surface area contributed by atoms with Crippen molar-refractivity contribution in [1.82, 2.24) is 14.7 Å². The number of likely N-dealkylation sites (tertiary alicyclic amines) is 3. The Hall–Kier alpha value is -2.85. The van der Waals surface area contributed by atoms with Crippen LogP contribution in [0, 0.1) is 17.8 Å². The van der Waals surface area contributed by atoms with Crippen molar-refractivity contribution >= 4 is 58.3 Å². The minimum Gasteiger partial charge on any atom is -0.394 e. The molecule has 36 nitrogen and oxygen atoms in total. The molecule has 6 heterocycles. The van der Waals surface area contributed by atoms with E-state index >= 15 is 0 Å². The Labute approximate surface area is 676 Å². The maximum Gasteiger partial charge on any atom is 0.472 e. The Kier molecular flexibility index (Phi) is 45.0. The standard InChI is InChI=1S/C76H136N3O33P3/c1-49(2)110-113(6,96)104-46-54-38-60(41-78(54)66(88)32-17-11-8-14-26-57(84)29-20-23-35-102-75-51(4)69(91)72(94)63(44-81)108-75)111-115(99,100)106-48-55-39-61(42-79(55)67(89)33-18-12-9-15-27-58(85)30-21-24-36-103-76-52(5)70(92)73(95)64(45-82)109-76)112-114(97,98)105-47-53-37-59(86)40-77(53)65(87)31-16-10-7-13-25-56(83)28-19-22-34-101-74-50(3)68(90)71(93)62(43-80)107-74/h49-55,59-64,68-76,80-82,86,90-95H,7-48H2,1-6H3,(H,97,98)(H,99,100)/t50?,51?,52?,53-,54-,55-,59+,60+,61+,62?,63?,64?,68?,69?,70?,71?,72?,73?,74?,75?,76?,113?/m0/s1. The van der Waals surface area contributed by atoms with Crippen LogP contribution >= 0.6 is 23.2 Å². The maximum atomic E-state index is 14.2. The number of β-amino-alcohol motifs (C(OH)–C–C–N with tert-alkyl or cyclic N) is 1. The Balaban J connectivity index is 0.965. The quantitative estimate of drug-likeness (QED) is 0.0283. The van der Waals surface area contributed by atoms with E-state index in [9.17, 15) is 103 Å². The van der Waals surface area contributed by atoms with Crippen LogP contribution in [0.3, 0.4) is 0 Å². The number of unbranched alkanes of at least 4 members (excludes halogenated alkanes) is 12. The third kappa shape index (κ3) is 34.8. The number of phosphoric ester groups is 2. The highest BCUT2D eigenvalue weighted by molar-refractivity contribution is 7.53. The van der Waals surface area contributed by atoms with Gasteiger partial charge in [-0.2, -0.15) is 0 Å². The molecule has 0 radical (unpaired) electrons. The van der Waals surface area contributed by atoms with Crippen LogP contribution in [0.15, 0.2) is 0 Å². The molecule has 6 aliphatic heterocycles. The second kappa shape index (κ2) is 51.3. The molecule has 0 aliphatic carbocycles. The van der Waals surface area contributed by atoms with Gasteiger partial charge in [-0.15, -0.1) is 0 Å². The number of phosphoric acid groups is 2. The number of aliphatic hydroxyl groups is 10. The smallest absolute Gasteiger partial charge is 0.394 e. The van der Waals surface area contributed by atoms with Gasteiger partial charge in [0.25, 0.3) is 0 Å². The molecule has 18 unspecified atom stereocenters. The molecule has 6 saturated heterocycles. The number of Topliss-reactive ketones (excluding diaryl/α,β-unsaturated/α-hetero) is 3. The number of ether oxygens (including phenoxy) is 6. The molecule has 6 rings (SSSR count). The van der Waals surface area contributed by atoms with Crippen LogP contribution in [-0.4, -0.2) is 313 Å². The van der Waals surface area contributed by atoms with Crippen LogP contribution in [0.1, 0.15) is 227 Å². The van der Waals surface area contributed by atoms with E-state index in [1.165, 1.54) is 21.4 Å². The Morgan fingerprint density at radius 1 is 0.391 bits per heavy atom. The van der Waals surface area contributed by atoms with Crippen molar-refractivity contribution in [2.75, 3.05) is 85.8 Å². The number of aliphatic hydroxyl groups excluding tert-OH is 10. The van der Waals surface area contributed by atoms with E-state index in [0.29, 0.717) is 154 Å². The first-order chi connectivity index (χ1) is 54.6. The monoisotopic (exact) mass is 1710 g/mol. The second-order valence-corrected chi connectivity index (χ2v) is 37.0. The Morgan fingerprint density at radius 3 is 0.974 bits per heavy atom. The SMILES string of the molecule is CC(C)OP(C)(=O)OC[C@@H]1C[C@@H](OP(=O)(O)OC[C@@H]2C[C@@H](OP(=O)(O)OC[C@@H]3C[C@@H](O)CN3C(=O)CCCCCCC(=O)CCCCOC3OC(CO)C(O)C(O)C3C)CN2C(=O)CCCCCCC(=O)CCCCOC2OC(CO)C(O)C(O)C2C)CN1C(=O)CCCCCCC(=O)CCCCOC1OC(CO)C(O)C(O)C1C. The van der Waals surface area contributed by atoms with Gasteiger partial charge in [0.15, 0.2) is 18.9 Å². The van der Waals surface area contributed by atoms with Crippen molar-refractivity contribution in [1.29, 1.82) is 0 Å². The highest BCUT2D eigenvalue weighted by Gasteiger charge is 2.48. The number of rotatable bonds is 57. The average Bonchev–Trinajstić information content (AvgIpc) is 1.80. The molecule has 0 aromatic heterocycles. The Morgan fingerprint density at radius 2 is 0.670 bits per heavy atom. The molecule has 0 bridgehead atoms. The third-order valence-electron chi connectivity index (χ3n) is 22.2. The van der Waals surface area contributed by atoms with E-state index in [0.717, 1.165) is 0 Å². The predicted molar refractivity (Wildman–Crippen MR) is 412 cm³/mol. The van der Waals surface area contributed by atoms with E-state index in [4.69, 9.17) is 55.6 Å². The summed E-state index contributed by atoms with van der Waals surface area (Å²) in [5.41, 5.74) is 0. The number of ketones is 3. The predicted octanol–water partition coefficient (Wildman–Crippen LogP) is 4.93. The van der Waals surface area contributed by atoms with Crippen LogP contribution in [0.5, 0.6) is 0 Å². The molecule has 12 N–H and O–H groups in total. The van der Waals surface area contributed by atoms with Crippen molar-refractivity contribution in [3.63, 3.8) is 0 Å². The van der Waals surface area contributed by atoms with Gasteiger partial charge < -0.3 is 113 Å². The van der Waals surface area contributed by atoms with E-state index in [2.05, 4.69) is 0 Å². The van der Waals surface area contributed by atoms with Gasteiger partial charge in [-0.1, -0.05) is 59.3 Å². The zero-order valence-electron chi connectivity index (χ0n) is 68.0. The first-order valence-electron chi connectivity index (χ1n) is 41.6. The van der Waals surface area contributed by atoms with Gasteiger partial charge >= 0.3 is 23.2 Å². The zero-order chi connectivity index (χ0) is 84.6. The summed E-state index contributed by atoms with van der Waals surface area (Å²) in [4.78, 5) is 107. The molecule has 24 atom stereocenters. The van der Waals surface area contributed by atoms with Crippen molar-refractivity contribution in [3.8, 4) is 0 Å². The van der Waals surface area contributed by atoms with Crippen LogP contribution in [-0.2, 0) is 98.0 Å². The number of amides is 3. The topological polar surface area (TPSA) is 517 Å². The largest absolute Gasteiger partial charge is 0.472 e. The van der Waals surface area contributed by atoms with Crippen molar-refractivity contribution in [3.05, 3.63) is 0 Å². The highest BCUT2D eigenvalue weighted by atomic mass is 31.2. The van der Waals surface area contributed by atoms with Gasteiger partial charge in [0.2, 0.25) is 17.7 Å². The van der Waals surface area contributed by atoms with E-state index < -0.39 is 196 Å². The number of hydrogen-bond donors (Lipinski definition) is 12. The summed E-state index contributed by atoms with van der Waals surface area (Å²) in [6, 6.07) is -2.60. The van der Waals surface area contributed by atoms with E-state index in [-0.39, 0.29) is 114 Å². The average molecular weight is 1710 g/mol. The molecule has 668 valence electrons. The lowest BCUT2D eigenvalue weighted by atomic mass is 9.92. The minimum absolute atomic E-state index is 0.0253. The van der Waals surface area contributed by atoms with Gasteiger partial charge in [-0.3, -0.25) is 51.4 Å². The van der Waals surface area contributed by atoms with Gasteiger partial charge in [-0.05, 0) is 110 Å². The minimum atomic E-state index is -5.05. The number of hydrogen-bond acceptors (Lipinski definition) is 31. The fourth-order valence-electron chi connectivity index (χ4n) is 15.4. The number of nitrogens with zero attached hydrogens (tertiary/aromatic N) is 3. The summed E-state index contributed by atoms with van der Waals surface area (Å²) in [6.07, 6.45) is -4.22. The maximum absolute atomic E-state index is 14.2. The summed E-state index contributed by atoms with van der Waals surface area (Å²) in [7, 11) is -13.7. The molecule has 0 spiro atoms. The van der Waals surface area contributed by atoms with Crippen molar-refractivity contribution < 1.29 is 159 Å². The first kappa shape index (κ1) is 101. The number of carbonyl (C=O) groups excluding carboxylic acids is 6. The highest BCUT2D eigenvalue weighted by Crippen LogP contribution is 2.51. The van der Waals surface area contributed by atoms with Gasteiger partial charge in [0, 0.05) is 122 Å². The molecule has 6 fully saturated rings. The van der Waals surface area contributed by atoms with Crippen LogP contribution in [0.4, 0.5) is 0 Å². The third-order valence-corrected chi connectivity index (χ3v) is 25.7. The molecule has 3 amide bonds. The molecule has 115 heavy (non-hydrogen) atoms. The first-order valence-corrected chi connectivity index (χ1v) is 46.6. The molecule has 0 aromatic carbocycles. The van der Waals surface area contributed by atoms with Crippen LogP contribution < -0.4 is 0 Å². The molecule has 0 saturated carbocycles. The molecule has 39 heteroatoms. The molecular formula is C76H136N3O33P3. The summed E-state index contributed by atoms with van der Waals surface area (Å²) < 4.78 is 109. The molecular weight excluding hydrogens is 1580 g/mol. The fourth-order valence-corrected chi connectivity index (χ4v) is 18.6. The zero-order valence-corrected chi connectivity index (χ0v) is 70.7. The van der Waals surface area contributed by atoms with Gasteiger partial charge in [0.1, 0.15) is 54.0 Å². The van der Waals surface area contributed by atoms with Crippen LogP contribution in [0.25, 0.3) is 0 Å². The summed E-state index contributed by atoms with van der Waals surface area (Å²) in [6.45, 7) is 7.06. The Bertz CT molecular complexity index is 3050. The molecule has 6 aliphatic rings. The van der Waals surface area contributed by atoms with Crippen LogP contribution in [0.2, 0.25) is 0 Å². The lowest BCUT2D eigenvalue weighted by molar-refractivity contribution is -0.282. The lowest BCUT2D eigenvalue weighted by Crippen LogP contribution is -2.55.